The van der Waals surface area contributed by atoms with Crippen molar-refractivity contribution >= 4 is 5.96 Å². The number of phenols is 1. The minimum absolute atomic E-state index is 0.262. The molecule has 8 heteroatoms. The molecule has 146 valence electrons. The van der Waals surface area contributed by atoms with Crippen molar-refractivity contribution in [1.29, 1.82) is 0 Å². The number of benzene rings is 1. The number of β-amino-alcohol motifs (C(OH)–C–C–N with tert-alkyl or cyclic N) is 1. The van der Waals surface area contributed by atoms with Crippen LogP contribution in [0.4, 0.5) is 4.39 Å². The maximum Gasteiger partial charge on any atom is 0.191 e. The fourth-order valence-corrected chi connectivity index (χ4v) is 2.73. The zero-order valence-electron chi connectivity index (χ0n) is 15.5. The van der Waals surface area contributed by atoms with E-state index in [-0.39, 0.29) is 12.3 Å². The highest BCUT2D eigenvalue weighted by Gasteiger charge is 2.25. The molecule has 26 heavy (non-hydrogen) atoms. The molecule has 1 aliphatic heterocycles. The molecule has 1 fully saturated rings. The fraction of sp³-hybridized carbons (Fsp3) is 0.611. The molecule has 0 amide bonds. The Kier molecular flexibility index (Phi) is 7.62. The average molecular weight is 368 g/mol. The van der Waals surface area contributed by atoms with E-state index in [9.17, 15) is 14.6 Å². The van der Waals surface area contributed by atoms with Gasteiger partial charge in [0.05, 0.1) is 25.4 Å². The molecule has 1 aromatic rings. The molecule has 0 saturated carbocycles. The lowest BCUT2D eigenvalue weighted by Gasteiger charge is -2.34. The third kappa shape index (κ3) is 6.78. The number of ether oxygens (including phenoxy) is 1. The first-order valence-corrected chi connectivity index (χ1v) is 8.91. The Morgan fingerprint density at radius 1 is 1.35 bits per heavy atom. The summed E-state index contributed by atoms with van der Waals surface area (Å²) >= 11 is 0. The Morgan fingerprint density at radius 3 is 2.73 bits per heavy atom. The maximum absolute atomic E-state index is 13.4. The van der Waals surface area contributed by atoms with E-state index in [1.165, 1.54) is 12.1 Å². The van der Waals surface area contributed by atoms with Crippen LogP contribution in [0.2, 0.25) is 0 Å². The number of rotatable bonds is 7. The van der Waals surface area contributed by atoms with Gasteiger partial charge in [0.1, 0.15) is 0 Å². The minimum Gasteiger partial charge on any atom is -0.505 e. The van der Waals surface area contributed by atoms with Gasteiger partial charge in [0.25, 0.3) is 0 Å². The molecule has 1 saturated heterocycles. The quantitative estimate of drug-likeness (QED) is 0.418. The summed E-state index contributed by atoms with van der Waals surface area (Å²) < 4.78 is 18.7. The van der Waals surface area contributed by atoms with Gasteiger partial charge in [0, 0.05) is 32.7 Å². The molecular weight excluding hydrogens is 339 g/mol. The van der Waals surface area contributed by atoms with Crippen molar-refractivity contribution in [3.8, 4) is 5.75 Å². The minimum atomic E-state index is -0.918. The fourth-order valence-electron chi connectivity index (χ4n) is 2.73. The lowest BCUT2D eigenvalue weighted by Crippen LogP contribution is -2.52. The van der Waals surface area contributed by atoms with Crippen molar-refractivity contribution in [1.82, 2.24) is 15.5 Å². The van der Waals surface area contributed by atoms with Crippen molar-refractivity contribution in [2.75, 3.05) is 45.9 Å². The van der Waals surface area contributed by atoms with Crippen LogP contribution < -0.4 is 10.6 Å². The summed E-state index contributed by atoms with van der Waals surface area (Å²) in [5.74, 6) is -0.491. The van der Waals surface area contributed by atoms with Crippen LogP contribution in [0, 0.1) is 5.82 Å². The molecule has 0 spiro atoms. The normalized spacial score (nSPS) is 18.4. The van der Waals surface area contributed by atoms with Crippen LogP contribution in [0.5, 0.6) is 5.75 Å². The molecule has 0 aliphatic carbocycles. The Balaban J connectivity index is 1.90. The van der Waals surface area contributed by atoms with Gasteiger partial charge in [0.2, 0.25) is 0 Å². The first kappa shape index (κ1) is 20.4. The molecular formula is C18H29FN4O3. The van der Waals surface area contributed by atoms with E-state index in [1.807, 2.05) is 6.92 Å². The number of nitrogens with one attached hydrogen (secondary N) is 2. The second-order valence-electron chi connectivity index (χ2n) is 6.72. The van der Waals surface area contributed by atoms with Crippen LogP contribution in [0.25, 0.3) is 0 Å². The van der Waals surface area contributed by atoms with E-state index >= 15 is 0 Å². The van der Waals surface area contributed by atoms with Gasteiger partial charge in [-0.25, -0.2) is 9.38 Å². The van der Waals surface area contributed by atoms with Gasteiger partial charge >= 0.3 is 0 Å². The highest BCUT2D eigenvalue weighted by Crippen LogP contribution is 2.16. The summed E-state index contributed by atoms with van der Waals surface area (Å²) in [6, 6.07) is 4.20. The number of morpholine rings is 1. The van der Waals surface area contributed by atoms with Crippen LogP contribution in [0.3, 0.4) is 0 Å². The van der Waals surface area contributed by atoms with E-state index in [0.717, 1.165) is 13.1 Å². The summed E-state index contributed by atoms with van der Waals surface area (Å²) in [7, 11) is 0. The maximum atomic E-state index is 13.4. The molecule has 0 aromatic heterocycles. The van der Waals surface area contributed by atoms with Gasteiger partial charge in [-0.05, 0) is 31.5 Å². The van der Waals surface area contributed by atoms with E-state index in [0.29, 0.717) is 44.4 Å². The number of aliphatic hydroxyl groups is 1. The summed E-state index contributed by atoms with van der Waals surface area (Å²) in [6.07, 6.45) is 0. The highest BCUT2D eigenvalue weighted by atomic mass is 19.1. The van der Waals surface area contributed by atoms with E-state index in [2.05, 4.69) is 20.5 Å². The van der Waals surface area contributed by atoms with Gasteiger partial charge in [-0.15, -0.1) is 0 Å². The second kappa shape index (κ2) is 9.70. The molecule has 1 aromatic carbocycles. The van der Waals surface area contributed by atoms with Gasteiger partial charge in [-0.1, -0.05) is 6.07 Å². The third-order valence-corrected chi connectivity index (χ3v) is 4.08. The molecule has 0 radical (unpaired) electrons. The molecule has 4 N–H and O–H groups in total. The zero-order valence-corrected chi connectivity index (χ0v) is 15.5. The Morgan fingerprint density at radius 2 is 2.08 bits per heavy atom. The highest BCUT2D eigenvalue weighted by molar-refractivity contribution is 5.79. The lowest BCUT2D eigenvalue weighted by molar-refractivity contribution is -0.0201. The van der Waals surface area contributed by atoms with Crippen molar-refractivity contribution in [2.45, 2.75) is 26.0 Å². The Bertz CT molecular complexity index is 604. The molecule has 1 atom stereocenters. The van der Waals surface area contributed by atoms with Crippen LogP contribution in [-0.2, 0) is 11.3 Å². The Labute approximate surface area is 153 Å². The first-order chi connectivity index (χ1) is 12.4. The smallest absolute Gasteiger partial charge is 0.191 e. The molecule has 1 aliphatic rings. The number of halogens is 1. The lowest BCUT2D eigenvalue weighted by atomic mass is 10.1. The standard InChI is InChI=1S/C18H29FN4O3/c1-3-20-17(21-11-14-4-5-16(24)15(19)10-14)22-12-18(2,25)13-23-6-8-26-9-7-23/h4-5,10,24-25H,3,6-9,11-13H2,1-2H3,(H2,20,21,22). The molecule has 0 bridgehead atoms. The monoisotopic (exact) mass is 368 g/mol. The number of hydrogen-bond donors (Lipinski definition) is 4. The summed E-state index contributed by atoms with van der Waals surface area (Å²) in [4.78, 5) is 6.58. The number of nitrogens with zero attached hydrogens (tertiary/aromatic N) is 2. The van der Waals surface area contributed by atoms with Crippen molar-refractivity contribution < 1.29 is 19.3 Å². The van der Waals surface area contributed by atoms with Crippen molar-refractivity contribution in [3.63, 3.8) is 0 Å². The summed E-state index contributed by atoms with van der Waals surface area (Å²) in [5.41, 5.74) is -0.268. The SMILES string of the molecule is CCNC(=NCc1ccc(O)c(F)c1)NCC(C)(O)CN1CCOCC1. The Hall–Kier alpha value is -1.90. The van der Waals surface area contributed by atoms with E-state index in [1.54, 1.807) is 13.0 Å². The molecule has 1 heterocycles. The zero-order chi connectivity index (χ0) is 19.0. The number of guanidine groups is 1. The second-order valence-corrected chi connectivity index (χ2v) is 6.72. The topological polar surface area (TPSA) is 89.4 Å². The predicted octanol–water partition coefficient (Wildman–Crippen LogP) is 0.670. The van der Waals surface area contributed by atoms with Crippen LogP contribution in [0.1, 0.15) is 19.4 Å². The molecule has 1 unspecified atom stereocenters. The van der Waals surface area contributed by atoms with Crippen molar-refractivity contribution in [2.24, 2.45) is 4.99 Å². The largest absolute Gasteiger partial charge is 0.505 e. The third-order valence-electron chi connectivity index (χ3n) is 4.08. The van der Waals surface area contributed by atoms with E-state index in [4.69, 9.17) is 4.74 Å². The summed E-state index contributed by atoms with van der Waals surface area (Å²) in [5, 5.41) is 26.1. The number of aromatic hydroxyl groups is 1. The molecule has 7 nitrogen and oxygen atoms in total. The number of phenolic OH excluding ortho intramolecular Hbond substituents is 1. The average Bonchev–Trinajstić information content (AvgIpc) is 2.61. The van der Waals surface area contributed by atoms with Gasteiger partial charge in [-0.2, -0.15) is 0 Å². The van der Waals surface area contributed by atoms with Crippen LogP contribution in [-0.4, -0.2) is 72.6 Å². The predicted molar refractivity (Wildman–Crippen MR) is 98.8 cm³/mol. The van der Waals surface area contributed by atoms with E-state index < -0.39 is 11.4 Å². The van der Waals surface area contributed by atoms with Crippen LogP contribution >= 0.6 is 0 Å². The molecule has 2 rings (SSSR count). The van der Waals surface area contributed by atoms with Crippen molar-refractivity contribution in [3.05, 3.63) is 29.6 Å². The number of hydrogen-bond acceptors (Lipinski definition) is 5. The summed E-state index contributed by atoms with van der Waals surface area (Å²) in [6.45, 7) is 8.56. The number of aliphatic imine (C=N–C) groups is 1. The first-order valence-electron chi connectivity index (χ1n) is 8.91. The van der Waals surface area contributed by atoms with Gasteiger partial charge in [-0.3, -0.25) is 4.90 Å². The van der Waals surface area contributed by atoms with Gasteiger partial charge < -0.3 is 25.6 Å². The van der Waals surface area contributed by atoms with Gasteiger partial charge in [0.15, 0.2) is 17.5 Å². The van der Waals surface area contributed by atoms with Crippen LogP contribution in [0.15, 0.2) is 23.2 Å².